The Kier molecular flexibility index (Phi) is 8.33. The van der Waals surface area contributed by atoms with Gasteiger partial charge in [-0.3, -0.25) is 4.79 Å². The van der Waals surface area contributed by atoms with Crippen molar-refractivity contribution in [2.75, 3.05) is 7.11 Å². The molecule has 0 aliphatic rings. The molecule has 1 amide bonds. The molecule has 0 aromatic heterocycles. The zero-order valence-electron chi connectivity index (χ0n) is 20.3. The minimum atomic E-state index is -0.715. The van der Waals surface area contributed by atoms with E-state index in [1.807, 2.05) is 97.1 Å². The molecule has 182 valence electrons. The lowest BCUT2D eigenvalue weighted by atomic mass is 10.1. The van der Waals surface area contributed by atoms with Gasteiger partial charge in [0, 0.05) is 0 Å². The second-order valence-electron chi connectivity index (χ2n) is 8.07. The molecular formula is C30H28N2O4. The number of carbonyl (C=O) groups is 1. The fourth-order valence-electron chi connectivity index (χ4n) is 3.49. The molecule has 0 fully saturated rings. The fourth-order valence-corrected chi connectivity index (χ4v) is 3.49. The van der Waals surface area contributed by atoms with Gasteiger partial charge in [-0.2, -0.15) is 5.10 Å². The van der Waals surface area contributed by atoms with Crippen LogP contribution in [0.15, 0.2) is 108 Å². The molecule has 1 atom stereocenters. The van der Waals surface area contributed by atoms with Crippen LogP contribution >= 0.6 is 0 Å². The van der Waals surface area contributed by atoms with Crippen molar-refractivity contribution in [2.24, 2.45) is 5.10 Å². The third-order valence-corrected chi connectivity index (χ3v) is 5.46. The Balaban J connectivity index is 1.29. The van der Waals surface area contributed by atoms with Gasteiger partial charge in [0.05, 0.1) is 13.3 Å². The maximum Gasteiger partial charge on any atom is 0.280 e. The first-order valence-electron chi connectivity index (χ1n) is 11.6. The number of carbonyl (C=O) groups excluding carboxylic acids is 1. The monoisotopic (exact) mass is 480 g/mol. The van der Waals surface area contributed by atoms with E-state index in [-0.39, 0.29) is 5.91 Å². The largest absolute Gasteiger partial charge is 0.493 e. The van der Waals surface area contributed by atoms with Gasteiger partial charge in [-0.05, 0) is 59.5 Å². The number of hydrogen-bond acceptors (Lipinski definition) is 5. The van der Waals surface area contributed by atoms with Gasteiger partial charge in [0.1, 0.15) is 12.4 Å². The van der Waals surface area contributed by atoms with Gasteiger partial charge in [-0.15, -0.1) is 0 Å². The molecule has 0 saturated heterocycles. The number of nitrogens with zero attached hydrogens (tertiary/aromatic N) is 1. The van der Waals surface area contributed by atoms with Gasteiger partial charge in [0.25, 0.3) is 5.91 Å². The molecule has 1 N–H and O–H groups in total. The van der Waals surface area contributed by atoms with Crippen molar-refractivity contribution >= 4 is 12.1 Å². The van der Waals surface area contributed by atoms with Gasteiger partial charge >= 0.3 is 0 Å². The molecule has 0 aliphatic carbocycles. The Hall–Kier alpha value is -4.58. The lowest BCUT2D eigenvalue weighted by Gasteiger charge is -2.13. The van der Waals surface area contributed by atoms with E-state index in [2.05, 4.69) is 10.5 Å². The molecule has 36 heavy (non-hydrogen) atoms. The second kappa shape index (κ2) is 12.2. The predicted molar refractivity (Wildman–Crippen MR) is 141 cm³/mol. The number of hydrogen-bond donors (Lipinski definition) is 1. The van der Waals surface area contributed by atoms with Crippen molar-refractivity contribution in [3.8, 4) is 28.4 Å². The Bertz CT molecular complexity index is 1290. The van der Waals surface area contributed by atoms with Crippen LogP contribution in [-0.4, -0.2) is 25.3 Å². The van der Waals surface area contributed by atoms with Crippen LogP contribution in [0.3, 0.4) is 0 Å². The van der Waals surface area contributed by atoms with Crippen LogP contribution in [0, 0.1) is 0 Å². The van der Waals surface area contributed by atoms with Crippen LogP contribution in [0.25, 0.3) is 11.1 Å². The highest BCUT2D eigenvalue weighted by Gasteiger charge is 2.14. The molecule has 1 unspecified atom stereocenters. The number of amides is 1. The van der Waals surface area contributed by atoms with E-state index in [1.54, 1.807) is 26.3 Å². The number of rotatable bonds is 10. The van der Waals surface area contributed by atoms with Crippen LogP contribution in [-0.2, 0) is 11.4 Å². The number of ether oxygens (including phenoxy) is 3. The molecule has 6 heteroatoms. The number of nitrogens with one attached hydrogen (secondary N) is 1. The van der Waals surface area contributed by atoms with E-state index < -0.39 is 6.10 Å². The average Bonchev–Trinajstić information content (AvgIpc) is 2.93. The van der Waals surface area contributed by atoms with Gasteiger partial charge < -0.3 is 14.2 Å². The quantitative estimate of drug-likeness (QED) is 0.228. The third-order valence-electron chi connectivity index (χ3n) is 5.46. The average molecular weight is 481 g/mol. The zero-order valence-corrected chi connectivity index (χ0v) is 20.3. The SMILES string of the molecule is COc1cc(/C=N/NC(=O)C(C)Oc2ccc(-c3ccccc3)cc2)ccc1OCc1ccccc1. The molecule has 0 bridgehead atoms. The number of hydrazone groups is 1. The zero-order chi connectivity index (χ0) is 25.2. The molecule has 0 spiro atoms. The Morgan fingerprint density at radius 2 is 1.53 bits per heavy atom. The van der Waals surface area contributed by atoms with E-state index in [9.17, 15) is 4.79 Å². The Labute approximate surface area is 211 Å². The van der Waals surface area contributed by atoms with Gasteiger partial charge in [0.15, 0.2) is 17.6 Å². The molecule has 4 aromatic rings. The Morgan fingerprint density at radius 3 is 2.22 bits per heavy atom. The summed E-state index contributed by atoms with van der Waals surface area (Å²) in [4.78, 5) is 12.4. The highest BCUT2D eigenvalue weighted by Crippen LogP contribution is 2.28. The van der Waals surface area contributed by atoms with E-state index in [4.69, 9.17) is 14.2 Å². The van der Waals surface area contributed by atoms with E-state index in [0.29, 0.717) is 23.9 Å². The summed E-state index contributed by atoms with van der Waals surface area (Å²) in [5.74, 6) is 1.46. The van der Waals surface area contributed by atoms with Gasteiger partial charge in [0.2, 0.25) is 0 Å². The van der Waals surface area contributed by atoms with Crippen molar-refractivity contribution in [1.82, 2.24) is 5.43 Å². The summed E-state index contributed by atoms with van der Waals surface area (Å²) in [6.45, 7) is 2.12. The lowest BCUT2D eigenvalue weighted by molar-refractivity contribution is -0.127. The van der Waals surface area contributed by atoms with Crippen molar-refractivity contribution in [3.05, 3.63) is 114 Å². The summed E-state index contributed by atoms with van der Waals surface area (Å²) in [5.41, 5.74) is 6.54. The Morgan fingerprint density at radius 1 is 0.861 bits per heavy atom. The smallest absolute Gasteiger partial charge is 0.280 e. The van der Waals surface area contributed by atoms with E-state index in [1.165, 1.54) is 0 Å². The highest BCUT2D eigenvalue weighted by molar-refractivity contribution is 5.85. The standard InChI is InChI=1S/C30H28N2O4/c1-22(36-27-16-14-26(15-17-27)25-11-7-4-8-12-25)30(33)32-31-20-24-13-18-28(29(19-24)34-2)35-21-23-9-5-3-6-10-23/h3-20,22H,21H2,1-2H3,(H,32,33)/b31-20+. The van der Waals surface area contributed by atoms with Crippen molar-refractivity contribution < 1.29 is 19.0 Å². The van der Waals surface area contributed by atoms with Gasteiger partial charge in [-0.1, -0.05) is 72.8 Å². The maximum atomic E-state index is 12.4. The fraction of sp³-hybridized carbons (Fsp3) is 0.133. The third kappa shape index (κ3) is 6.73. The molecule has 4 aromatic carbocycles. The summed E-state index contributed by atoms with van der Waals surface area (Å²) < 4.78 is 17.1. The summed E-state index contributed by atoms with van der Waals surface area (Å²) in [6, 6.07) is 33.1. The topological polar surface area (TPSA) is 69.2 Å². The van der Waals surface area contributed by atoms with Crippen LogP contribution in [0.2, 0.25) is 0 Å². The molecule has 0 saturated carbocycles. The van der Waals surface area contributed by atoms with Crippen molar-refractivity contribution in [2.45, 2.75) is 19.6 Å². The lowest BCUT2D eigenvalue weighted by Crippen LogP contribution is -2.33. The molecule has 0 radical (unpaired) electrons. The highest BCUT2D eigenvalue weighted by atomic mass is 16.5. The van der Waals surface area contributed by atoms with Crippen LogP contribution in [0.1, 0.15) is 18.1 Å². The number of methoxy groups -OCH3 is 1. The molecule has 6 nitrogen and oxygen atoms in total. The second-order valence-corrected chi connectivity index (χ2v) is 8.07. The minimum Gasteiger partial charge on any atom is -0.493 e. The molecule has 0 heterocycles. The summed E-state index contributed by atoms with van der Waals surface area (Å²) in [6.07, 6.45) is 0.830. The van der Waals surface area contributed by atoms with Crippen LogP contribution < -0.4 is 19.6 Å². The van der Waals surface area contributed by atoms with Crippen LogP contribution in [0.5, 0.6) is 17.2 Å². The molecule has 0 aliphatic heterocycles. The molecular weight excluding hydrogens is 452 g/mol. The van der Waals surface area contributed by atoms with Crippen LogP contribution in [0.4, 0.5) is 0 Å². The van der Waals surface area contributed by atoms with Crippen molar-refractivity contribution in [1.29, 1.82) is 0 Å². The summed E-state index contributed by atoms with van der Waals surface area (Å²) >= 11 is 0. The maximum absolute atomic E-state index is 12.4. The summed E-state index contributed by atoms with van der Waals surface area (Å²) in [7, 11) is 1.58. The first-order valence-corrected chi connectivity index (χ1v) is 11.6. The summed E-state index contributed by atoms with van der Waals surface area (Å²) in [5, 5.41) is 4.06. The molecule has 4 rings (SSSR count). The first-order chi connectivity index (χ1) is 17.6. The first kappa shape index (κ1) is 24.5. The van der Waals surface area contributed by atoms with E-state index >= 15 is 0 Å². The number of benzene rings is 4. The van der Waals surface area contributed by atoms with Crippen molar-refractivity contribution in [3.63, 3.8) is 0 Å². The minimum absolute atomic E-state index is 0.354. The van der Waals surface area contributed by atoms with E-state index in [0.717, 1.165) is 22.3 Å². The van der Waals surface area contributed by atoms with Gasteiger partial charge in [-0.25, -0.2) is 5.43 Å². The normalized spacial score (nSPS) is 11.6. The predicted octanol–water partition coefficient (Wildman–Crippen LogP) is 5.86.